The van der Waals surface area contributed by atoms with Gasteiger partial charge in [0.2, 0.25) is 0 Å². The first-order chi connectivity index (χ1) is 4.81. The number of halogens is 1. The van der Waals surface area contributed by atoms with Gasteiger partial charge in [-0.1, -0.05) is 0 Å². The van der Waals surface area contributed by atoms with Crippen molar-refractivity contribution in [1.82, 2.24) is 5.32 Å². The molecule has 0 aliphatic carbocycles. The summed E-state index contributed by atoms with van der Waals surface area (Å²) in [5.41, 5.74) is 0. The van der Waals surface area contributed by atoms with Crippen molar-refractivity contribution in [3.05, 3.63) is 0 Å². The lowest BCUT2D eigenvalue weighted by Crippen LogP contribution is -2.24. The molecule has 0 spiro atoms. The third kappa shape index (κ3) is 5.50. The van der Waals surface area contributed by atoms with Crippen molar-refractivity contribution in [2.45, 2.75) is 6.42 Å². The number of ether oxygens (including phenoxy) is 1. The van der Waals surface area contributed by atoms with Gasteiger partial charge < -0.3 is 10.1 Å². The van der Waals surface area contributed by atoms with Gasteiger partial charge in [-0.05, 0) is 13.0 Å². The van der Waals surface area contributed by atoms with Gasteiger partial charge in [-0.3, -0.25) is 9.18 Å². The molecule has 1 N–H and O–H groups in total. The van der Waals surface area contributed by atoms with Crippen molar-refractivity contribution in [3.63, 3.8) is 0 Å². The van der Waals surface area contributed by atoms with Gasteiger partial charge >= 0.3 is 5.97 Å². The van der Waals surface area contributed by atoms with Crippen LogP contribution in [0, 0.1) is 0 Å². The quantitative estimate of drug-likeness (QED) is 0.445. The van der Waals surface area contributed by atoms with Crippen LogP contribution in [0.4, 0.5) is 4.39 Å². The van der Waals surface area contributed by atoms with Crippen LogP contribution in [-0.2, 0) is 9.53 Å². The number of nitrogens with one attached hydrogen (secondary N) is 1. The van der Waals surface area contributed by atoms with Crippen LogP contribution in [0.2, 0.25) is 0 Å². The van der Waals surface area contributed by atoms with E-state index in [9.17, 15) is 9.18 Å². The smallest absolute Gasteiger partial charge is 0.319 e. The molecule has 0 aromatic carbocycles. The Bertz CT molecular complexity index is 97.7. The van der Waals surface area contributed by atoms with E-state index in [1.165, 1.54) is 7.11 Å². The van der Waals surface area contributed by atoms with Crippen molar-refractivity contribution >= 4 is 5.97 Å². The van der Waals surface area contributed by atoms with Crippen molar-refractivity contribution in [2.75, 3.05) is 26.9 Å². The highest BCUT2D eigenvalue weighted by molar-refractivity contribution is 5.71. The Morgan fingerprint density at radius 1 is 1.70 bits per heavy atom. The third-order valence-electron chi connectivity index (χ3n) is 0.984. The van der Waals surface area contributed by atoms with Gasteiger partial charge in [0.1, 0.15) is 0 Å². The molecule has 0 aliphatic heterocycles. The van der Waals surface area contributed by atoms with Gasteiger partial charge in [0.25, 0.3) is 0 Å². The van der Waals surface area contributed by atoms with Gasteiger partial charge in [0.05, 0.1) is 20.3 Å². The predicted octanol–water partition coefficient (Wildman–Crippen LogP) is 0.109. The molecule has 0 aromatic heterocycles. The summed E-state index contributed by atoms with van der Waals surface area (Å²) in [5.74, 6) is -0.321. The number of alkyl halides is 1. The summed E-state index contributed by atoms with van der Waals surface area (Å²) in [6.07, 6.45) is 0.441. The highest BCUT2D eigenvalue weighted by Crippen LogP contribution is 1.76. The summed E-state index contributed by atoms with van der Waals surface area (Å²) in [7, 11) is 1.32. The van der Waals surface area contributed by atoms with E-state index in [1.807, 2.05) is 0 Å². The SMILES string of the molecule is COC(=O)CNCCCF. The van der Waals surface area contributed by atoms with Crippen LogP contribution >= 0.6 is 0 Å². The minimum Gasteiger partial charge on any atom is -0.468 e. The Hall–Kier alpha value is -0.640. The van der Waals surface area contributed by atoms with E-state index in [0.717, 1.165) is 0 Å². The maximum Gasteiger partial charge on any atom is 0.319 e. The lowest BCUT2D eigenvalue weighted by molar-refractivity contribution is -0.139. The average molecular weight is 149 g/mol. The fourth-order valence-electron chi connectivity index (χ4n) is 0.454. The summed E-state index contributed by atoms with van der Waals surface area (Å²) >= 11 is 0. The standard InChI is InChI=1S/C6H12FNO2/c1-10-6(9)5-8-4-2-3-7/h8H,2-5H2,1H3. The molecule has 3 nitrogen and oxygen atoms in total. The fourth-order valence-corrected chi connectivity index (χ4v) is 0.454. The molecule has 0 aromatic rings. The molecule has 10 heavy (non-hydrogen) atoms. The van der Waals surface area contributed by atoms with Gasteiger partial charge in [0, 0.05) is 0 Å². The minimum atomic E-state index is -0.353. The molecular formula is C6H12FNO2. The Morgan fingerprint density at radius 3 is 2.90 bits per heavy atom. The normalized spacial score (nSPS) is 9.40. The topological polar surface area (TPSA) is 38.3 Å². The number of carbonyl (C=O) groups excluding carboxylic acids is 1. The highest BCUT2D eigenvalue weighted by Gasteiger charge is 1.96. The maximum atomic E-state index is 11.4. The molecule has 0 fully saturated rings. The van der Waals surface area contributed by atoms with Gasteiger partial charge in [-0.15, -0.1) is 0 Å². The van der Waals surface area contributed by atoms with Gasteiger partial charge in [0.15, 0.2) is 0 Å². The zero-order chi connectivity index (χ0) is 7.82. The van der Waals surface area contributed by atoms with Crippen LogP contribution < -0.4 is 5.32 Å². The molecule has 4 heteroatoms. The summed E-state index contributed by atoms with van der Waals surface area (Å²) in [6.45, 7) is 0.330. The molecular weight excluding hydrogens is 137 g/mol. The zero-order valence-corrected chi connectivity index (χ0v) is 6.02. The molecule has 0 atom stereocenters. The van der Waals surface area contributed by atoms with Crippen LogP contribution in [0.5, 0.6) is 0 Å². The van der Waals surface area contributed by atoms with E-state index in [1.54, 1.807) is 0 Å². The van der Waals surface area contributed by atoms with E-state index in [4.69, 9.17) is 0 Å². The Balaban J connectivity index is 2.96. The largest absolute Gasteiger partial charge is 0.468 e. The third-order valence-corrected chi connectivity index (χ3v) is 0.984. The molecule has 0 saturated carbocycles. The molecule has 0 bridgehead atoms. The maximum absolute atomic E-state index is 11.4. The second-order valence-corrected chi connectivity index (χ2v) is 1.80. The first-order valence-corrected chi connectivity index (χ1v) is 3.14. The van der Waals surface area contributed by atoms with Gasteiger partial charge in [-0.25, -0.2) is 0 Å². The van der Waals surface area contributed by atoms with E-state index >= 15 is 0 Å². The number of methoxy groups -OCH3 is 1. The summed E-state index contributed by atoms with van der Waals surface area (Å²) in [6, 6.07) is 0. The second kappa shape index (κ2) is 6.48. The van der Waals surface area contributed by atoms with E-state index in [2.05, 4.69) is 10.1 Å². The lowest BCUT2D eigenvalue weighted by atomic mass is 10.4. The van der Waals surface area contributed by atoms with E-state index in [0.29, 0.717) is 13.0 Å². The lowest BCUT2D eigenvalue weighted by Gasteiger charge is -1.99. The number of carbonyl (C=O) groups is 1. The number of rotatable bonds is 5. The molecule has 0 unspecified atom stereocenters. The summed E-state index contributed by atoms with van der Waals surface area (Å²) in [5, 5.41) is 2.72. The Morgan fingerprint density at radius 2 is 2.40 bits per heavy atom. The molecule has 0 saturated heterocycles. The number of esters is 1. The average Bonchev–Trinajstić information content (AvgIpc) is 1.98. The minimum absolute atomic E-state index is 0.163. The zero-order valence-electron chi connectivity index (χ0n) is 6.02. The number of hydrogen-bond acceptors (Lipinski definition) is 3. The van der Waals surface area contributed by atoms with Crippen LogP contribution in [0.15, 0.2) is 0 Å². The summed E-state index contributed by atoms with van der Waals surface area (Å²) in [4.78, 5) is 10.4. The van der Waals surface area contributed by atoms with Crippen LogP contribution in [-0.4, -0.2) is 32.8 Å². The van der Waals surface area contributed by atoms with E-state index < -0.39 is 0 Å². The molecule has 0 amide bonds. The van der Waals surface area contributed by atoms with Gasteiger partial charge in [-0.2, -0.15) is 0 Å². The van der Waals surface area contributed by atoms with Crippen molar-refractivity contribution in [2.24, 2.45) is 0 Å². The summed E-state index contributed by atoms with van der Waals surface area (Å²) < 4.78 is 15.8. The molecule has 0 aliphatic rings. The number of hydrogen-bond donors (Lipinski definition) is 1. The van der Waals surface area contributed by atoms with Crippen LogP contribution in [0.25, 0.3) is 0 Å². The first kappa shape index (κ1) is 9.36. The molecule has 0 heterocycles. The molecule has 60 valence electrons. The molecule has 0 radical (unpaired) electrons. The predicted molar refractivity (Wildman–Crippen MR) is 35.5 cm³/mol. The van der Waals surface area contributed by atoms with Crippen molar-refractivity contribution < 1.29 is 13.9 Å². The fraction of sp³-hybridized carbons (Fsp3) is 0.833. The van der Waals surface area contributed by atoms with E-state index in [-0.39, 0.29) is 19.2 Å². The highest BCUT2D eigenvalue weighted by atomic mass is 19.1. The van der Waals surface area contributed by atoms with Crippen LogP contribution in [0.3, 0.4) is 0 Å². The Labute approximate surface area is 59.6 Å². The Kier molecular flexibility index (Phi) is 6.06. The second-order valence-electron chi connectivity index (χ2n) is 1.80. The van der Waals surface area contributed by atoms with Crippen molar-refractivity contribution in [1.29, 1.82) is 0 Å². The van der Waals surface area contributed by atoms with Crippen molar-refractivity contribution in [3.8, 4) is 0 Å². The molecule has 0 rings (SSSR count). The monoisotopic (exact) mass is 149 g/mol. The van der Waals surface area contributed by atoms with Crippen LogP contribution in [0.1, 0.15) is 6.42 Å². The first-order valence-electron chi connectivity index (χ1n) is 3.14.